The fourth-order valence-electron chi connectivity index (χ4n) is 1.87. The summed E-state index contributed by atoms with van der Waals surface area (Å²) in [6.45, 7) is 1.40. The molecule has 2 aromatic carbocycles. The Morgan fingerprint density at radius 3 is 2.33 bits per heavy atom. The molecule has 2 rings (SSSR count). The third-order valence-corrected chi connectivity index (χ3v) is 3.03. The van der Waals surface area contributed by atoms with Crippen LogP contribution in [0.5, 0.6) is 0 Å². The van der Waals surface area contributed by atoms with Crippen molar-refractivity contribution in [3.63, 3.8) is 0 Å². The van der Waals surface area contributed by atoms with Crippen LogP contribution in [0, 0.1) is 18.6 Å². The van der Waals surface area contributed by atoms with E-state index < -0.39 is 23.4 Å². The van der Waals surface area contributed by atoms with Gasteiger partial charge in [-0.05, 0) is 42.3 Å². The predicted molar refractivity (Wildman–Crippen MR) is 69.9 cm³/mol. The van der Waals surface area contributed by atoms with Gasteiger partial charge < -0.3 is 5.32 Å². The predicted octanol–water partition coefficient (Wildman–Crippen LogP) is 4.90. The summed E-state index contributed by atoms with van der Waals surface area (Å²) in [6.07, 6.45) is -4.64. The highest BCUT2D eigenvalue weighted by atomic mass is 19.4. The topological polar surface area (TPSA) is 12.0 Å². The lowest BCUT2D eigenvalue weighted by Crippen LogP contribution is -2.12. The molecule has 0 aliphatic rings. The van der Waals surface area contributed by atoms with Crippen LogP contribution < -0.4 is 5.32 Å². The Bertz CT molecular complexity index is 649. The molecule has 1 nitrogen and oxygen atoms in total. The smallest absolute Gasteiger partial charge is 0.381 e. The Morgan fingerprint density at radius 1 is 1.00 bits per heavy atom. The van der Waals surface area contributed by atoms with Gasteiger partial charge in [-0.2, -0.15) is 13.2 Å². The van der Waals surface area contributed by atoms with Gasteiger partial charge in [0.15, 0.2) is 0 Å². The van der Waals surface area contributed by atoms with Gasteiger partial charge in [0.2, 0.25) is 0 Å². The summed E-state index contributed by atoms with van der Waals surface area (Å²) in [4.78, 5) is 0. The quantitative estimate of drug-likeness (QED) is 0.795. The van der Waals surface area contributed by atoms with Crippen LogP contribution in [0.15, 0.2) is 36.4 Å². The van der Waals surface area contributed by atoms with Crippen LogP contribution in [-0.4, -0.2) is 0 Å². The number of benzene rings is 2. The number of anilines is 1. The molecule has 112 valence electrons. The maximum atomic E-state index is 13.4. The first kappa shape index (κ1) is 15.3. The number of halogens is 5. The van der Waals surface area contributed by atoms with Crippen molar-refractivity contribution in [2.24, 2.45) is 0 Å². The molecule has 0 aromatic heterocycles. The van der Waals surface area contributed by atoms with Crippen molar-refractivity contribution < 1.29 is 22.0 Å². The van der Waals surface area contributed by atoms with E-state index in [4.69, 9.17) is 0 Å². The fourth-order valence-corrected chi connectivity index (χ4v) is 1.87. The highest BCUT2D eigenvalue weighted by Gasteiger charge is 2.33. The van der Waals surface area contributed by atoms with E-state index in [2.05, 4.69) is 5.32 Å². The zero-order chi connectivity index (χ0) is 15.6. The van der Waals surface area contributed by atoms with E-state index in [1.165, 1.54) is 12.1 Å². The second kappa shape index (κ2) is 5.71. The van der Waals surface area contributed by atoms with E-state index in [9.17, 15) is 22.0 Å². The Morgan fingerprint density at radius 2 is 1.71 bits per heavy atom. The largest absolute Gasteiger partial charge is 0.416 e. The summed E-state index contributed by atoms with van der Waals surface area (Å²) in [7, 11) is 0. The molecular weight excluding hydrogens is 289 g/mol. The summed E-state index contributed by atoms with van der Waals surface area (Å²) in [5.41, 5.74) is -0.346. The molecule has 0 unspecified atom stereocenters. The van der Waals surface area contributed by atoms with Gasteiger partial charge in [-0.15, -0.1) is 0 Å². The fraction of sp³-hybridized carbons (Fsp3) is 0.200. The Kier molecular flexibility index (Phi) is 4.16. The Labute approximate surface area is 118 Å². The number of aryl methyl sites for hydroxylation is 1. The lowest BCUT2D eigenvalue weighted by Gasteiger charge is -2.14. The van der Waals surface area contributed by atoms with Gasteiger partial charge >= 0.3 is 6.18 Å². The molecule has 0 amide bonds. The SMILES string of the molecule is Cc1ccc(NCc2ccc(F)cc2C(F)(F)F)cc1F. The van der Waals surface area contributed by atoms with Gasteiger partial charge in [0, 0.05) is 12.2 Å². The van der Waals surface area contributed by atoms with Crippen LogP contribution in [0.2, 0.25) is 0 Å². The first-order valence-electron chi connectivity index (χ1n) is 6.13. The Hall–Kier alpha value is -2.11. The van der Waals surface area contributed by atoms with Crippen molar-refractivity contribution in [2.45, 2.75) is 19.6 Å². The minimum Gasteiger partial charge on any atom is -0.381 e. The monoisotopic (exact) mass is 301 g/mol. The molecule has 0 bridgehead atoms. The van der Waals surface area contributed by atoms with Crippen molar-refractivity contribution in [3.8, 4) is 0 Å². The lowest BCUT2D eigenvalue weighted by atomic mass is 10.1. The molecule has 0 atom stereocenters. The molecule has 6 heteroatoms. The molecule has 0 spiro atoms. The number of rotatable bonds is 3. The molecule has 21 heavy (non-hydrogen) atoms. The minimum absolute atomic E-state index is 0.107. The zero-order valence-corrected chi connectivity index (χ0v) is 11.1. The molecule has 0 radical (unpaired) electrons. The van der Waals surface area contributed by atoms with Gasteiger partial charge in [-0.1, -0.05) is 12.1 Å². The molecule has 0 aliphatic carbocycles. The van der Waals surface area contributed by atoms with Crippen molar-refractivity contribution in [1.29, 1.82) is 0 Å². The molecule has 0 aliphatic heterocycles. The van der Waals surface area contributed by atoms with Crippen LogP contribution in [0.4, 0.5) is 27.6 Å². The van der Waals surface area contributed by atoms with Crippen LogP contribution in [-0.2, 0) is 12.7 Å². The average Bonchev–Trinajstić information content (AvgIpc) is 2.40. The third kappa shape index (κ3) is 3.71. The van der Waals surface area contributed by atoms with Gasteiger partial charge in [-0.3, -0.25) is 0 Å². The van der Waals surface area contributed by atoms with Crippen LogP contribution >= 0.6 is 0 Å². The second-order valence-electron chi connectivity index (χ2n) is 4.62. The van der Waals surface area contributed by atoms with Crippen LogP contribution in [0.1, 0.15) is 16.7 Å². The van der Waals surface area contributed by atoms with Gasteiger partial charge in [0.05, 0.1) is 5.56 Å². The molecule has 0 saturated carbocycles. The van der Waals surface area contributed by atoms with E-state index in [1.807, 2.05) is 0 Å². The maximum Gasteiger partial charge on any atom is 0.416 e. The highest BCUT2D eigenvalue weighted by Crippen LogP contribution is 2.32. The average molecular weight is 301 g/mol. The highest BCUT2D eigenvalue weighted by molar-refractivity contribution is 5.46. The molecular formula is C15H12F5N. The van der Waals surface area contributed by atoms with Crippen LogP contribution in [0.3, 0.4) is 0 Å². The first-order chi connectivity index (χ1) is 9.77. The number of hydrogen-bond acceptors (Lipinski definition) is 1. The normalized spacial score (nSPS) is 11.5. The summed E-state index contributed by atoms with van der Waals surface area (Å²) in [5.74, 6) is -1.40. The minimum atomic E-state index is -4.64. The molecule has 0 heterocycles. The third-order valence-electron chi connectivity index (χ3n) is 3.03. The van der Waals surface area contributed by atoms with Crippen molar-refractivity contribution in [3.05, 3.63) is 64.7 Å². The summed E-state index contributed by atoms with van der Waals surface area (Å²) in [5, 5.41) is 2.70. The van der Waals surface area contributed by atoms with Gasteiger partial charge in [-0.25, -0.2) is 8.78 Å². The summed E-state index contributed by atoms with van der Waals surface area (Å²) >= 11 is 0. The molecule has 0 saturated heterocycles. The summed E-state index contributed by atoms with van der Waals surface area (Å²) < 4.78 is 64.8. The number of nitrogens with one attached hydrogen (secondary N) is 1. The van der Waals surface area contributed by atoms with Gasteiger partial charge in [0.1, 0.15) is 11.6 Å². The van der Waals surface area contributed by atoms with E-state index in [1.54, 1.807) is 13.0 Å². The Balaban J connectivity index is 2.22. The van der Waals surface area contributed by atoms with E-state index >= 15 is 0 Å². The van der Waals surface area contributed by atoms with Crippen molar-refractivity contribution >= 4 is 5.69 Å². The first-order valence-corrected chi connectivity index (χ1v) is 6.13. The number of alkyl halides is 3. The molecule has 1 N–H and O–H groups in total. The van der Waals surface area contributed by atoms with E-state index in [0.717, 1.165) is 12.1 Å². The lowest BCUT2D eigenvalue weighted by molar-refractivity contribution is -0.138. The maximum absolute atomic E-state index is 13.4. The molecule has 0 fully saturated rings. The van der Waals surface area contributed by atoms with Crippen LogP contribution in [0.25, 0.3) is 0 Å². The van der Waals surface area contributed by atoms with Gasteiger partial charge in [0.25, 0.3) is 0 Å². The second-order valence-corrected chi connectivity index (χ2v) is 4.62. The van der Waals surface area contributed by atoms with E-state index in [0.29, 0.717) is 17.3 Å². The zero-order valence-electron chi connectivity index (χ0n) is 11.1. The number of hydrogen-bond donors (Lipinski definition) is 1. The summed E-state index contributed by atoms with van der Waals surface area (Å²) in [6, 6.07) is 6.76. The standard InChI is InChI=1S/C15H12F5N/c1-9-2-5-12(7-14(9)17)21-8-10-3-4-11(16)6-13(10)15(18,19)20/h2-7,21H,8H2,1H3. The van der Waals surface area contributed by atoms with E-state index in [-0.39, 0.29) is 12.1 Å². The van der Waals surface area contributed by atoms with Crippen molar-refractivity contribution in [1.82, 2.24) is 0 Å². The molecule has 2 aromatic rings. The van der Waals surface area contributed by atoms with Crippen molar-refractivity contribution in [2.75, 3.05) is 5.32 Å².